The Bertz CT molecular complexity index is 609. The molecule has 0 aromatic rings. The zero-order valence-electron chi connectivity index (χ0n) is 14.1. The molecule has 1 aliphatic carbocycles. The largest absolute Gasteiger partial charge is 0.370 e. The number of amides is 1. The second-order valence-electron chi connectivity index (χ2n) is 5.70. The van der Waals surface area contributed by atoms with Crippen LogP contribution < -0.4 is 16.8 Å². The first kappa shape index (κ1) is 20.4. The highest BCUT2D eigenvalue weighted by molar-refractivity contribution is 7.89. The zero-order chi connectivity index (χ0) is 18.5. The molecule has 9 nitrogen and oxygen atoms in total. The predicted octanol–water partition coefficient (Wildman–Crippen LogP) is -0.118. The predicted molar refractivity (Wildman–Crippen MR) is 90.7 cm³/mol. The van der Waals surface area contributed by atoms with Crippen molar-refractivity contribution in [2.75, 3.05) is 0 Å². The number of guanidine groups is 1. The molecular weight excluding hydrogens is 336 g/mol. The van der Waals surface area contributed by atoms with Crippen molar-refractivity contribution >= 4 is 22.0 Å². The third kappa shape index (κ3) is 5.77. The summed E-state index contributed by atoms with van der Waals surface area (Å²) in [5, 5.41) is 2.71. The normalized spacial score (nSPS) is 24.4. The minimum atomic E-state index is -4.41. The average molecular weight is 362 g/mol. The van der Waals surface area contributed by atoms with Gasteiger partial charge in [0.25, 0.3) is 10.1 Å². The Balaban J connectivity index is 3.30. The minimum absolute atomic E-state index is 0.134. The van der Waals surface area contributed by atoms with Crippen molar-refractivity contribution in [3.8, 4) is 0 Å². The van der Waals surface area contributed by atoms with Crippen LogP contribution in [-0.4, -0.2) is 49.1 Å². The molecule has 3 atom stereocenters. The third-order valence-electron chi connectivity index (χ3n) is 3.81. The van der Waals surface area contributed by atoms with Crippen molar-refractivity contribution in [2.45, 2.75) is 64.3 Å². The summed E-state index contributed by atoms with van der Waals surface area (Å²) >= 11 is 0. The van der Waals surface area contributed by atoms with Crippen LogP contribution in [0.2, 0.25) is 0 Å². The van der Waals surface area contributed by atoms with E-state index in [1.165, 1.54) is 13.0 Å². The van der Waals surface area contributed by atoms with Gasteiger partial charge in [0.15, 0.2) is 5.96 Å². The second-order valence-corrected chi connectivity index (χ2v) is 7.17. The zero-order valence-corrected chi connectivity index (χ0v) is 14.9. The van der Waals surface area contributed by atoms with Gasteiger partial charge in [-0.1, -0.05) is 13.8 Å². The van der Waals surface area contributed by atoms with Gasteiger partial charge in [0.05, 0.1) is 29.2 Å². The number of nitrogens with one attached hydrogen (secondary N) is 1. The highest BCUT2D eigenvalue weighted by atomic mass is 32.2. The number of carbonyl (C=O) groups excluding carboxylic acids is 1. The number of ether oxygens (including phenoxy) is 1. The molecule has 138 valence electrons. The van der Waals surface area contributed by atoms with Crippen LogP contribution in [0.1, 0.15) is 40.0 Å². The first-order valence-corrected chi connectivity index (χ1v) is 9.21. The van der Waals surface area contributed by atoms with E-state index in [0.29, 0.717) is 12.8 Å². The maximum Gasteiger partial charge on any atom is 0.290 e. The fourth-order valence-electron chi connectivity index (χ4n) is 2.66. The minimum Gasteiger partial charge on any atom is -0.370 e. The lowest BCUT2D eigenvalue weighted by Crippen LogP contribution is -2.54. The molecular formula is C14H26N4O5S. The molecule has 24 heavy (non-hydrogen) atoms. The number of nitrogens with two attached hydrogens (primary N) is 2. The van der Waals surface area contributed by atoms with Crippen molar-refractivity contribution < 1.29 is 22.5 Å². The summed E-state index contributed by atoms with van der Waals surface area (Å²) in [6.45, 7) is 5.21. The van der Waals surface area contributed by atoms with Gasteiger partial charge in [-0.2, -0.15) is 8.42 Å². The molecule has 0 fully saturated rings. The van der Waals surface area contributed by atoms with Crippen LogP contribution in [0.15, 0.2) is 16.0 Å². The lowest BCUT2D eigenvalue weighted by Gasteiger charge is -2.36. The van der Waals surface area contributed by atoms with Gasteiger partial charge in [0.1, 0.15) is 0 Å². The van der Waals surface area contributed by atoms with Crippen LogP contribution in [0.25, 0.3) is 0 Å². The monoisotopic (exact) mass is 362 g/mol. The molecule has 0 aromatic heterocycles. The maximum atomic E-state index is 11.6. The quantitative estimate of drug-likeness (QED) is 0.279. The Morgan fingerprint density at radius 1 is 1.46 bits per heavy atom. The van der Waals surface area contributed by atoms with E-state index in [1.54, 1.807) is 0 Å². The van der Waals surface area contributed by atoms with Crippen molar-refractivity contribution in [1.82, 2.24) is 5.32 Å². The summed E-state index contributed by atoms with van der Waals surface area (Å²) in [6, 6.07) is -1.41. The smallest absolute Gasteiger partial charge is 0.290 e. The van der Waals surface area contributed by atoms with E-state index in [9.17, 15) is 17.8 Å². The Kier molecular flexibility index (Phi) is 7.18. The number of hydrogen-bond donors (Lipinski definition) is 4. The lowest BCUT2D eigenvalue weighted by atomic mass is 9.93. The fraction of sp³-hybridized carbons (Fsp3) is 0.714. The highest BCUT2D eigenvalue weighted by Gasteiger charge is 2.38. The topological polar surface area (TPSA) is 157 Å². The van der Waals surface area contributed by atoms with Gasteiger partial charge in [0, 0.05) is 13.3 Å². The SMILES string of the molecule is CCC(CC)O[C@@H]1C=C(S(=O)(=O)O)C[C@H](N=C(N)N)[C@H]1NC(C)=O. The van der Waals surface area contributed by atoms with E-state index in [2.05, 4.69) is 10.3 Å². The Labute approximate surface area is 142 Å². The van der Waals surface area contributed by atoms with Crippen LogP contribution in [-0.2, 0) is 19.6 Å². The molecule has 0 aliphatic heterocycles. The first-order valence-electron chi connectivity index (χ1n) is 7.77. The summed E-state index contributed by atoms with van der Waals surface area (Å²) in [7, 11) is -4.41. The van der Waals surface area contributed by atoms with Gasteiger partial charge >= 0.3 is 0 Å². The number of rotatable bonds is 7. The van der Waals surface area contributed by atoms with Gasteiger partial charge in [-0.25, -0.2) is 4.99 Å². The second kappa shape index (κ2) is 8.45. The summed E-state index contributed by atoms with van der Waals surface area (Å²) < 4.78 is 38.4. The molecule has 0 unspecified atom stereocenters. The Morgan fingerprint density at radius 2 is 2.04 bits per heavy atom. The van der Waals surface area contributed by atoms with Crippen LogP contribution in [0, 0.1) is 0 Å². The number of hydrogen-bond acceptors (Lipinski definition) is 5. The van der Waals surface area contributed by atoms with E-state index in [-0.39, 0.29) is 29.3 Å². The van der Waals surface area contributed by atoms with Crippen molar-refractivity contribution in [3.05, 3.63) is 11.0 Å². The average Bonchev–Trinajstić information content (AvgIpc) is 2.45. The molecule has 0 aromatic carbocycles. The van der Waals surface area contributed by atoms with Gasteiger partial charge in [-0.05, 0) is 18.9 Å². The van der Waals surface area contributed by atoms with Crippen molar-refractivity contribution in [2.24, 2.45) is 16.5 Å². The van der Waals surface area contributed by atoms with E-state index in [1.807, 2.05) is 13.8 Å². The molecule has 0 bridgehead atoms. The van der Waals surface area contributed by atoms with E-state index >= 15 is 0 Å². The van der Waals surface area contributed by atoms with Gasteiger partial charge < -0.3 is 21.5 Å². The molecule has 10 heteroatoms. The van der Waals surface area contributed by atoms with Crippen LogP contribution in [0.3, 0.4) is 0 Å². The van der Waals surface area contributed by atoms with E-state index < -0.39 is 28.3 Å². The molecule has 1 aliphatic rings. The van der Waals surface area contributed by atoms with Crippen LogP contribution in [0.4, 0.5) is 0 Å². The van der Waals surface area contributed by atoms with Crippen LogP contribution in [0.5, 0.6) is 0 Å². The molecule has 0 spiro atoms. The maximum absolute atomic E-state index is 11.6. The van der Waals surface area contributed by atoms with Gasteiger partial charge in [-0.15, -0.1) is 0 Å². The molecule has 1 amide bonds. The third-order valence-corrected chi connectivity index (χ3v) is 4.77. The number of nitrogens with zero attached hydrogens (tertiary/aromatic N) is 1. The van der Waals surface area contributed by atoms with Crippen molar-refractivity contribution in [3.63, 3.8) is 0 Å². The summed E-state index contributed by atoms with van der Waals surface area (Å²) in [5.74, 6) is -0.564. The standard InChI is InChI=1S/C14H26N4O5S/c1-4-9(5-2)23-12-7-10(24(20,21)22)6-11(18-14(15)16)13(12)17-8(3)19/h7,9,11-13H,4-6H2,1-3H3,(H,17,19)(H4,15,16,18)(H,20,21,22)/t11-,12+,13+/m0/s1. The van der Waals surface area contributed by atoms with Crippen molar-refractivity contribution in [1.29, 1.82) is 0 Å². The molecule has 0 radical (unpaired) electrons. The van der Waals surface area contributed by atoms with Crippen LogP contribution >= 0.6 is 0 Å². The Morgan fingerprint density at radius 3 is 2.46 bits per heavy atom. The molecule has 0 saturated heterocycles. The van der Waals surface area contributed by atoms with E-state index in [4.69, 9.17) is 16.2 Å². The lowest BCUT2D eigenvalue weighted by molar-refractivity contribution is -0.121. The highest BCUT2D eigenvalue weighted by Crippen LogP contribution is 2.28. The number of carbonyl (C=O) groups is 1. The van der Waals surface area contributed by atoms with Gasteiger partial charge in [0.2, 0.25) is 5.91 Å². The van der Waals surface area contributed by atoms with Gasteiger partial charge in [-0.3, -0.25) is 9.35 Å². The molecule has 0 saturated carbocycles. The molecule has 6 N–H and O–H groups in total. The first-order chi connectivity index (χ1) is 11.1. The molecule has 0 heterocycles. The summed E-state index contributed by atoms with van der Waals surface area (Å²) in [4.78, 5) is 15.3. The van der Waals surface area contributed by atoms with E-state index in [0.717, 1.165) is 0 Å². The number of aliphatic imine (C=N–C) groups is 1. The molecule has 1 rings (SSSR count). The fourth-order valence-corrected chi connectivity index (χ4v) is 3.34. The summed E-state index contributed by atoms with van der Waals surface area (Å²) in [6.07, 6.45) is 1.68. The Hall–Kier alpha value is -1.65. The summed E-state index contributed by atoms with van der Waals surface area (Å²) in [5.41, 5.74) is 10.8.